The number of aromatic nitrogens is 4. The minimum atomic E-state index is -0.509. The van der Waals surface area contributed by atoms with Crippen LogP contribution in [-0.2, 0) is 24.4 Å². The number of aryl methyl sites for hydroxylation is 2. The number of fused-ring (bicyclic) bond motifs is 2. The van der Waals surface area contributed by atoms with Crippen LogP contribution in [0.3, 0.4) is 0 Å². The van der Waals surface area contributed by atoms with Gasteiger partial charge in [-0.2, -0.15) is 0 Å². The molecule has 2 aromatic carbocycles. The quantitative estimate of drug-likeness (QED) is 0.207. The number of rotatable bonds is 7. The summed E-state index contributed by atoms with van der Waals surface area (Å²) in [5, 5.41) is 7.71. The lowest BCUT2D eigenvalue weighted by Crippen LogP contribution is -2.52. The van der Waals surface area contributed by atoms with Crippen LogP contribution in [0.5, 0.6) is 0 Å². The van der Waals surface area contributed by atoms with Crippen molar-refractivity contribution in [3.05, 3.63) is 76.6 Å². The fourth-order valence-electron chi connectivity index (χ4n) is 7.01. The number of nitrogens with zero attached hydrogens (tertiary/aromatic N) is 4. The summed E-state index contributed by atoms with van der Waals surface area (Å²) in [6, 6.07) is 12.2. The summed E-state index contributed by atoms with van der Waals surface area (Å²) < 4.78 is 4.33. The second-order valence-electron chi connectivity index (χ2n) is 11.9. The summed E-state index contributed by atoms with van der Waals surface area (Å²) in [4.78, 5) is 35.0. The number of ketones is 1. The summed E-state index contributed by atoms with van der Waals surface area (Å²) in [6.45, 7) is 1.55. The number of hydrogen-bond donors (Lipinski definition) is 1. The first-order chi connectivity index (χ1) is 20.3. The molecule has 2 saturated carbocycles. The Morgan fingerprint density at radius 3 is 2.52 bits per heavy atom. The molecule has 42 heavy (non-hydrogen) atoms. The molecule has 0 spiro atoms. The van der Waals surface area contributed by atoms with Crippen LogP contribution < -0.4 is 5.32 Å². The summed E-state index contributed by atoms with van der Waals surface area (Å²) in [5.74, 6) is 1.34. The number of hydrogen-bond acceptors (Lipinski definition) is 5. The summed E-state index contributed by atoms with van der Waals surface area (Å²) in [7, 11) is 4.11. The van der Waals surface area contributed by atoms with Crippen molar-refractivity contribution in [1.29, 1.82) is 0 Å². The molecule has 7 rings (SSSR count). The van der Waals surface area contributed by atoms with Crippen molar-refractivity contribution < 1.29 is 9.59 Å². The standard InChI is InChI=1S/C34H35N5O2S/c1-21(40)9-10-22-11-14-26-28(19-22)39(3)33(36-26)34(15-6-16-34)37-31(41)24-12-13-25-27(20-24)38(2)30(32-35-17-18-42-32)29(25)23-7-4-5-8-23/h9-14,17-20,23H,4-8,15-16H2,1-3H3,(H,37,41)/b10-9+. The molecular formula is C34H35N5O2S. The maximum atomic E-state index is 13.9. The number of carbonyl (C=O) groups excluding carboxylic acids is 2. The zero-order valence-electron chi connectivity index (χ0n) is 24.3. The average Bonchev–Trinajstić information content (AvgIpc) is 3.77. The van der Waals surface area contributed by atoms with Gasteiger partial charge in [0.2, 0.25) is 0 Å². The van der Waals surface area contributed by atoms with Crippen molar-refractivity contribution in [3.8, 4) is 10.7 Å². The van der Waals surface area contributed by atoms with Crippen LogP contribution in [-0.4, -0.2) is 30.8 Å². The van der Waals surface area contributed by atoms with Crippen molar-refractivity contribution in [2.75, 3.05) is 0 Å². The van der Waals surface area contributed by atoms with Gasteiger partial charge in [0.05, 0.1) is 22.3 Å². The van der Waals surface area contributed by atoms with Crippen LogP contribution in [0, 0.1) is 0 Å². The maximum absolute atomic E-state index is 13.9. The van der Waals surface area contributed by atoms with Crippen LogP contribution in [0.25, 0.3) is 38.7 Å². The number of carbonyl (C=O) groups is 2. The molecule has 214 valence electrons. The third-order valence-electron chi connectivity index (χ3n) is 9.30. The van der Waals surface area contributed by atoms with E-state index in [0.717, 1.165) is 52.2 Å². The Balaban J connectivity index is 1.24. The van der Waals surface area contributed by atoms with Crippen molar-refractivity contribution in [2.24, 2.45) is 14.1 Å². The van der Waals surface area contributed by atoms with Gasteiger partial charge < -0.3 is 14.5 Å². The predicted octanol–water partition coefficient (Wildman–Crippen LogP) is 7.26. The van der Waals surface area contributed by atoms with Gasteiger partial charge in [-0.3, -0.25) is 9.59 Å². The highest BCUT2D eigenvalue weighted by atomic mass is 32.1. The summed E-state index contributed by atoms with van der Waals surface area (Å²) >= 11 is 1.67. The molecule has 7 nitrogen and oxygen atoms in total. The molecule has 3 aromatic heterocycles. The van der Waals surface area contributed by atoms with E-state index in [4.69, 9.17) is 4.98 Å². The Hall–Kier alpha value is -4.04. The minimum Gasteiger partial charge on any atom is -0.341 e. The highest BCUT2D eigenvalue weighted by Gasteiger charge is 2.44. The maximum Gasteiger partial charge on any atom is 0.252 e. The number of imidazole rings is 1. The van der Waals surface area contributed by atoms with E-state index < -0.39 is 5.54 Å². The molecule has 3 heterocycles. The van der Waals surface area contributed by atoms with Gasteiger partial charge in [-0.05, 0) is 86.4 Å². The first kappa shape index (κ1) is 26.8. The summed E-state index contributed by atoms with van der Waals surface area (Å²) in [5.41, 5.74) is 6.62. The first-order valence-electron chi connectivity index (χ1n) is 14.8. The molecular weight excluding hydrogens is 542 g/mol. The number of thiazole rings is 1. The molecule has 0 aliphatic heterocycles. The van der Waals surface area contributed by atoms with E-state index in [-0.39, 0.29) is 11.7 Å². The molecule has 0 bridgehead atoms. The van der Waals surface area contributed by atoms with Gasteiger partial charge in [-0.1, -0.05) is 31.1 Å². The molecule has 1 amide bonds. The Bertz CT molecular complexity index is 1870. The molecule has 0 unspecified atom stereocenters. The third-order valence-corrected chi connectivity index (χ3v) is 10.1. The zero-order valence-corrected chi connectivity index (χ0v) is 25.1. The van der Waals surface area contributed by atoms with E-state index in [0.29, 0.717) is 11.5 Å². The van der Waals surface area contributed by atoms with Crippen LogP contribution in [0.1, 0.15) is 85.1 Å². The van der Waals surface area contributed by atoms with E-state index in [1.807, 2.05) is 49.0 Å². The molecule has 2 fully saturated rings. The first-order valence-corrected chi connectivity index (χ1v) is 15.7. The zero-order chi connectivity index (χ0) is 29.0. The normalized spacial score (nSPS) is 16.9. The molecule has 2 aliphatic carbocycles. The summed E-state index contributed by atoms with van der Waals surface area (Å²) in [6.07, 6.45) is 12.9. The topological polar surface area (TPSA) is 81.8 Å². The van der Waals surface area contributed by atoms with Crippen molar-refractivity contribution in [3.63, 3.8) is 0 Å². The predicted molar refractivity (Wildman–Crippen MR) is 169 cm³/mol. The van der Waals surface area contributed by atoms with E-state index in [1.165, 1.54) is 42.3 Å². The molecule has 8 heteroatoms. The van der Waals surface area contributed by atoms with Crippen LogP contribution >= 0.6 is 11.3 Å². The smallest absolute Gasteiger partial charge is 0.252 e. The van der Waals surface area contributed by atoms with E-state index in [1.54, 1.807) is 24.3 Å². The highest BCUT2D eigenvalue weighted by Crippen LogP contribution is 2.45. The highest BCUT2D eigenvalue weighted by molar-refractivity contribution is 7.13. The molecule has 5 aromatic rings. The number of amides is 1. The SMILES string of the molecule is CC(=O)/C=C/c1ccc2nc(C3(NC(=O)c4ccc5c(C6CCCC6)c(-c6nccs6)n(C)c5c4)CCC3)n(C)c2c1. The monoisotopic (exact) mass is 577 g/mol. The van der Waals surface area contributed by atoms with Gasteiger partial charge in [0.1, 0.15) is 10.8 Å². The van der Waals surface area contributed by atoms with E-state index in [2.05, 4.69) is 38.6 Å². The fraction of sp³-hybridized carbons (Fsp3) is 0.353. The lowest BCUT2D eigenvalue weighted by molar-refractivity contribution is -0.112. The molecule has 0 atom stereocenters. The molecule has 2 aliphatic rings. The Kier molecular flexibility index (Phi) is 6.61. The van der Waals surface area contributed by atoms with Crippen molar-refractivity contribution >= 4 is 51.0 Å². The van der Waals surface area contributed by atoms with Gasteiger partial charge in [-0.15, -0.1) is 11.3 Å². The lowest BCUT2D eigenvalue weighted by atomic mass is 9.75. The number of benzene rings is 2. The van der Waals surface area contributed by atoms with E-state index >= 15 is 0 Å². The van der Waals surface area contributed by atoms with Gasteiger partial charge in [0.15, 0.2) is 5.78 Å². The number of nitrogens with one attached hydrogen (secondary N) is 1. The number of allylic oxidation sites excluding steroid dienone is 1. The Morgan fingerprint density at radius 2 is 1.83 bits per heavy atom. The van der Waals surface area contributed by atoms with Gasteiger partial charge in [0, 0.05) is 42.1 Å². The molecule has 0 saturated heterocycles. The van der Waals surface area contributed by atoms with E-state index in [9.17, 15) is 9.59 Å². The Morgan fingerprint density at radius 1 is 1.02 bits per heavy atom. The molecule has 0 radical (unpaired) electrons. The molecule has 1 N–H and O–H groups in total. The Labute approximate surface area is 249 Å². The van der Waals surface area contributed by atoms with Gasteiger partial charge in [-0.25, -0.2) is 9.97 Å². The lowest BCUT2D eigenvalue weighted by Gasteiger charge is -2.41. The van der Waals surface area contributed by atoms with Crippen LogP contribution in [0.4, 0.5) is 0 Å². The fourth-order valence-corrected chi connectivity index (χ4v) is 7.74. The second-order valence-corrected chi connectivity index (χ2v) is 12.8. The van der Waals surface area contributed by atoms with Crippen LogP contribution in [0.2, 0.25) is 0 Å². The van der Waals surface area contributed by atoms with Gasteiger partial charge in [0.25, 0.3) is 5.91 Å². The average molecular weight is 578 g/mol. The van der Waals surface area contributed by atoms with Crippen molar-refractivity contribution in [2.45, 2.75) is 63.3 Å². The van der Waals surface area contributed by atoms with Crippen LogP contribution in [0.15, 0.2) is 54.1 Å². The second kappa shape index (κ2) is 10.3. The van der Waals surface area contributed by atoms with Gasteiger partial charge >= 0.3 is 0 Å². The largest absolute Gasteiger partial charge is 0.341 e. The minimum absolute atomic E-state index is 0.0135. The third kappa shape index (κ3) is 4.40. The van der Waals surface area contributed by atoms with Crippen molar-refractivity contribution in [1.82, 2.24) is 24.4 Å².